The van der Waals surface area contributed by atoms with Gasteiger partial charge in [-0.25, -0.2) is 19.6 Å². The van der Waals surface area contributed by atoms with Crippen LogP contribution in [0.3, 0.4) is 0 Å². The normalized spacial score (nSPS) is 8.29. The molecule has 9 nitrogen and oxygen atoms in total. The van der Waals surface area contributed by atoms with E-state index in [9.17, 15) is 9.59 Å². The summed E-state index contributed by atoms with van der Waals surface area (Å²) in [5.74, 6) is -0.713. The van der Waals surface area contributed by atoms with Gasteiger partial charge in [-0.15, -0.1) is 0 Å². The van der Waals surface area contributed by atoms with E-state index in [1.165, 1.54) is 30.8 Å². The first kappa shape index (κ1) is 31.9. The molecule has 0 aliphatic heterocycles. The first-order valence-corrected chi connectivity index (χ1v) is 9.33. The fourth-order valence-electron chi connectivity index (χ4n) is 1.20. The Kier molecular flexibility index (Phi) is 23.8. The molecule has 13 heteroatoms. The van der Waals surface area contributed by atoms with Gasteiger partial charge < -0.3 is 24.4 Å². The van der Waals surface area contributed by atoms with Gasteiger partial charge in [0.05, 0.1) is 32.7 Å². The number of hydrogen-bond donors (Lipinski definition) is 1. The number of esters is 2. The minimum atomic E-state index is -0.364. The average Bonchev–Trinajstić information content (AvgIpc) is 3.35. The summed E-state index contributed by atoms with van der Waals surface area (Å²) in [6, 6.07) is 0. The standard InChI is InChI=1S/C7H9NO3S.C6H6ClNO2S.CH4O.CH3O.Na/c1-3-11-6(9)5-4-8-7(10-2)12-5;1-2-10-5(9)4-3-8-6(7)11-4;2*1-2;/h4H,3H2,1-2H3;3H,2H2,1H3;2H,1H3;1H3;/q;;;-1;+1. The maximum absolute atomic E-state index is 11.1. The number of hydrogen-bond acceptors (Lipinski definition) is 11. The molecule has 2 aromatic rings. The SMILES string of the molecule is CCOC(=O)c1cnc(Cl)s1.CCOC(=O)c1cnc(OC)s1.CO.C[O-].[Na+]. The van der Waals surface area contributed by atoms with Gasteiger partial charge in [-0.05, 0) is 13.8 Å². The van der Waals surface area contributed by atoms with Crippen LogP contribution in [0.2, 0.25) is 4.47 Å². The summed E-state index contributed by atoms with van der Waals surface area (Å²) in [7, 11) is 3.26. The third-order valence-electron chi connectivity index (χ3n) is 2.09. The van der Waals surface area contributed by atoms with Gasteiger partial charge in [0, 0.05) is 7.11 Å². The van der Waals surface area contributed by atoms with Crippen molar-refractivity contribution in [3.8, 4) is 5.19 Å². The van der Waals surface area contributed by atoms with Gasteiger partial charge >= 0.3 is 41.5 Å². The maximum Gasteiger partial charge on any atom is 1.00 e. The first-order valence-electron chi connectivity index (χ1n) is 7.32. The Labute approximate surface area is 198 Å². The summed E-state index contributed by atoms with van der Waals surface area (Å²) < 4.78 is 14.7. The number of methoxy groups -OCH3 is 1. The second kappa shape index (κ2) is 20.9. The van der Waals surface area contributed by atoms with Crippen molar-refractivity contribution in [1.29, 1.82) is 0 Å². The van der Waals surface area contributed by atoms with Crippen LogP contribution in [-0.4, -0.2) is 61.6 Å². The molecule has 28 heavy (non-hydrogen) atoms. The van der Waals surface area contributed by atoms with Crippen molar-refractivity contribution in [2.75, 3.05) is 34.5 Å². The molecule has 0 amide bonds. The van der Waals surface area contributed by atoms with Gasteiger partial charge in [0.1, 0.15) is 9.75 Å². The molecule has 0 unspecified atom stereocenters. The molecule has 0 bridgehead atoms. The Hall–Kier alpha value is -0.790. The molecule has 0 radical (unpaired) electrons. The molecular formula is C15H22ClN2NaO7S2. The van der Waals surface area contributed by atoms with Crippen molar-refractivity contribution in [3.63, 3.8) is 0 Å². The predicted molar refractivity (Wildman–Crippen MR) is 102 cm³/mol. The zero-order valence-electron chi connectivity index (χ0n) is 16.6. The fourth-order valence-corrected chi connectivity index (χ4v) is 2.66. The molecule has 0 saturated carbocycles. The number of carbonyl (C=O) groups is 2. The molecule has 0 atom stereocenters. The van der Waals surface area contributed by atoms with Crippen molar-refractivity contribution in [2.24, 2.45) is 0 Å². The Bertz CT molecular complexity index is 656. The van der Waals surface area contributed by atoms with Crippen LogP contribution < -0.4 is 39.4 Å². The quantitative estimate of drug-likeness (QED) is 0.432. The first-order chi connectivity index (χ1) is 13.0. The molecule has 2 rings (SSSR count). The number of aromatic nitrogens is 2. The van der Waals surface area contributed by atoms with Gasteiger partial charge in [0.2, 0.25) is 0 Å². The summed E-state index contributed by atoms with van der Waals surface area (Å²) in [4.78, 5) is 30.5. The van der Waals surface area contributed by atoms with Crippen molar-refractivity contribution in [1.82, 2.24) is 9.97 Å². The largest absolute Gasteiger partial charge is 1.00 e. The molecule has 0 aliphatic rings. The Morgan fingerprint density at radius 3 is 1.79 bits per heavy atom. The number of thiazole rings is 2. The number of nitrogens with zero attached hydrogens (tertiary/aromatic N) is 2. The van der Waals surface area contributed by atoms with Crippen molar-refractivity contribution in [2.45, 2.75) is 13.8 Å². The third kappa shape index (κ3) is 13.4. The summed E-state index contributed by atoms with van der Waals surface area (Å²) in [5.41, 5.74) is 0. The summed E-state index contributed by atoms with van der Waals surface area (Å²) >= 11 is 7.79. The van der Waals surface area contributed by atoms with Gasteiger partial charge in [0.25, 0.3) is 5.19 Å². The second-order valence-electron chi connectivity index (χ2n) is 3.61. The molecular weight excluding hydrogens is 443 g/mol. The zero-order chi connectivity index (χ0) is 21.2. The van der Waals surface area contributed by atoms with E-state index < -0.39 is 0 Å². The number of halogens is 1. The van der Waals surface area contributed by atoms with Gasteiger partial charge in [-0.2, -0.15) is 7.11 Å². The minimum absolute atomic E-state index is 0. The molecule has 0 saturated heterocycles. The summed E-state index contributed by atoms with van der Waals surface area (Å²) in [6.45, 7) is 4.25. The number of rotatable bonds is 5. The van der Waals surface area contributed by atoms with Crippen LogP contribution in [0.5, 0.6) is 5.19 Å². The topological polar surface area (TPSA) is 131 Å². The van der Waals surface area contributed by atoms with E-state index in [1.807, 2.05) is 0 Å². The van der Waals surface area contributed by atoms with Crippen LogP contribution in [0.4, 0.5) is 0 Å². The van der Waals surface area contributed by atoms with Crippen molar-refractivity contribution < 1.29 is 63.6 Å². The zero-order valence-corrected chi connectivity index (χ0v) is 20.9. The molecule has 0 aromatic carbocycles. The van der Waals surface area contributed by atoms with E-state index in [1.54, 1.807) is 13.8 Å². The number of ether oxygens (including phenoxy) is 3. The fraction of sp³-hybridized carbons (Fsp3) is 0.467. The molecule has 0 fully saturated rings. The average molecular weight is 465 g/mol. The van der Waals surface area contributed by atoms with Crippen LogP contribution >= 0.6 is 34.3 Å². The molecule has 2 aromatic heterocycles. The van der Waals surface area contributed by atoms with Crippen LogP contribution in [0.15, 0.2) is 12.4 Å². The number of carbonyl (C=O) groups excluding carboxylic acids is 2. The van der Waals surface area contributed by atoms with E-state index in [0.29, 0.717) is 32.6 Å². The van der Waals surface area contributed by atoms with Gasteiger partial charge in [-0.1, -0.05) is 34.3 Å². The second-order valence-corrected chi connectivity index (χ2v) is 6.22. The monoisotopic (exact) mass is 464 g/mol. The smallest absolute Gasteiger partial charge is 0.857 e. The van der Waals surface area contributed by atoms with Crippen LogP contribution in [0.25, 0.3) is 0 Å². The molecule has 1 N–H and O–H groups in total. The maximum atomic E-state index is 11.1. The van der Waals surface area contributed by atoms with E-state index >= 15 is 0 Å². The van der Waals surface area contributed by atoms with E-state index in [2.05, 4.69) is 9.97 Å². The van der Waals surface area contributed by atoms with Gasteiger partial charge in [-0.3, -0.25) is 0 Å². The van der Waals surface area contributed by atoms with Crippen molar-refractivity contribution >= 4 is 46.2 Å². The van der Waals surface area contributed by atoms with E-state index in [0.717, 1.165) is 25.6 Å². The van der Waals surface area contributed by atoms with Crippen molar-refractivity contribution in [3.05, 3.63) is 26.6 Å². The number of aliphatic hydroxyl groups is 1. The van der Waals surface area contributed by atoms with E-state index in [-0.39, 0.29) is 41.5 Å². The van der Waals surface area contributed by atoms with Gasteiger partial charge in [0.15, 0.2) is 4.47 Å². The molecule has 2 heterocycles. The summed E-state index contributed by atoms with van der Waals surface area (Å²) in [5, 5.41) is 15.7. The Morgan fingerprint density at radius 2 is 1.46 bits per heavy atom. The summed E-state index contributed by atoms with van der Waals surface area (Å²) in [6.07, 6.45) is 2.85. The predicted octanol–water partition coefficient (Wildman–Crippen LogP) is -1.11. The minimum Gasteiger partial charge on any atom is -0.857 e. The van der Waals surface area contributed by atoms with Crippen LogP contribution in [0, 0.1) is 0 Å². The Balaban J connectivity index is -0.000000368. The van der Waals surface area contributed by atoms with E-state index in [4.69, 9.17) is 36.0 Å². The number of aliphatic hydroxyl groups excluding tert-OH is 1. The molecule has 0 spiro atoms. The van der Waals surface area contributed by atoms with Crippen LogP contribution in [0.1, 0.15) is 33.2 Å². The third-order valence-corrected chi connectivity index (χ3v) is 4.12. The Morgan fingerprint density at radius 1 is 1.04 bits per heavy atom. The van der Waals surface area contributed by atoms with Crippen LogP contribution in [-0.2, 0) is 9.47 Å². The molecule has 154 valence electrons. The molecule has 0 aliphatic carbocycles.